The van der Waals surface area contributed by atoms with E-state index in [0.29, 0.717) is 25.8 Å². The van der Waals surface area contributed by atoms with E-state index in [1.807, 2.05) is 0 Å². The van der Waals surface area contributed by atoms with E-state index in [2.05, 4.69) is 6.92 Å². The molecule has 0 radical (unpaired) electrons. The average Bonchev–Trinajstić information content (AvgIpc) is 2.75. The van der Waals surface area contributed by atoms with Crippen molar-refractivity contribution in [3.63, 3.8) is 0 Å². The van der Waals surface area contributed by atoms with Gasteiger partial charge in [-0.3, -0.25) is 0 Å². The molecule has 32 heavy (non-hydrogen) atoms. The molecule has 3 aliphatic carbocycles. The predicted molar refractivity (Wildman–Crippen MR) is 121 cm³/mol. The second-order valence-corrected chi connectivity index (χ2v) is 12.8. The van der Waals surface area contributed by atoms with Crippen LogP contribution in [0.15, 0.2) is 0 Å². The minimum Gasteiger partial charge on any atom is -0.373 e. The van der Waals surface area contributed by atoms with Crippen LogP contribution in [0, 0.1) is 11.8 Å². The molecule has 3 rings (SSSR count). The van der Waals surface area contributed by atoms with Gasteiger partial charge in [0.25, 0.3) is 0 Å². The van der Waals surface area contributed by atoms with Crippen molar-refractivity contribution in [2.45, 2.75) is 126 Å². The maximum absolute atomic E-state index is 13.4. The zero-order valence-corrected chi connectivity index (χ0v) is 20.9. The molecule has 7 unspecified atom stereocenters. The van der Waals surface area contributed by atoms with Crippen molar-refractivity contribution in [2.75, 3.05) is 6.54 Å². The normalized spacial score (nSPS) is 36.2. The molecule has 4 nitrogen and oxygen atoms in total. The number of hydrogen-bond acceptors (Lipinski definition) is 3. The van der Waals surface area contributed by atoms with Crippen LogP contribution in [0.1, 0.15) is 90.9 Å². The third-order valence-corrected chi connectivity index (χ3v) is 10.9. The highest BCUT2D eigenvalue weighted by molar-refractivity contribution is 7.89. The Morgan fingerprint density at radius 1 is 1.00 bits per heavy atom. The third kappa shape index (κ3) is 6.33. The van der Waals surface area contributed by atoms with E-state index in [-0.39, 0.29) is 42.4 Å². The zero-order chi connectivity index (χ0) is 23.5. The van der Waals surface area contributed by atoms with E-state index >= 15 is 0 Å². The summed E-state index contributed by atoms with van der Waals surface area (Å²) < 4.78 is 74.5. The number of nitrogens with zero attached hydrogens (tertiary/aromatic N) is 1. The summed E-state index contributed by atoms with van der Waals surface area (Å²) in [5.41, 5.74) is 0. The van der Waals surface area contributed by atoms with Crippen molar-refractivity contribution in [1.29, 1.82) is 0 Å². The van der Waals surface area contributed by atoms with Crippen molar-refractivity contribution in [2.24, 2.45) is 11.8 Å². The summed E-state index contributed by atoms with van der Waals surface area (Å²) >= 11 is 6.46. The molecule has 188 valence electrons. The van der Waals surface area contributed by atoms with Crippen LogP contribution < -0.4 is 0 Å². The molecule has 0 N–H and O–H groups in total. The molecule has 7 atom stereocenters. The Labute approximate surface area is 196 Å². The SMILES string of the molecule is CCN(C1CCCC(C(C)OC2CCCCC2Cl)C1)S(=O)(=O)C1CCCC(C(F)(F)F)C1. The van der Waals surface area contributed by atoms with E-state index in [9.17, 15) is 21.6 Å². The Bertz CT molecular complexity index is 705. The van der Waals surface area contributed by atoms with Gasteiger partial charge in [0.2, 0.25) is 10.0 Å². The lowest BCUT2D eigenvalue weighted by Crippen LogP contribution is -2.49. The lowest BCUT2D eigenvalue weighted by Gasteiger charge is -2.41. The molecular weight excluding hydrogens is 463 g/mol. The van der Waals surface area contributed by atoms with Crippen molar-refractivity contribution in [1.82, 2.24) is 4.31 Å². The minimum atomic E-state index is -4.33. The van der Waals surface area contributed by atoms with Crippen LogP contribution in [-0.4, -0.2) is 54.3 Å². The Morgan fingerprint density at radius 3 is 2.34 bits per heavy atom. The summed E-state index contributed by atoms with van der Waals surface area (Å²) in [6.45, 7) is 4.16. The Hall–Kier alpha value is -0.0500. The fourth-order valence-corrected chi connectivity index (χ4v) is 8.66. The first-order valence-corrected chi connectivity index (χ1v) is 14.3. The Morgan fingerprint density at radius 2 is 1.69 bits per heavy atom. The van der Waals surface area contributed by atoms with Gasteiger partial charge in [-0.15, -0.1) is 11.6 Å². The molecule has 3 fully saturated rings. The van der Waals surface area contributed by atoms with Gasteiger partial charge in [0.15, 0.2) is 0 Å². The van der Waals surface area contributed by atoms with Crippen LogP contribution in [0.2, 0.25) is 0 Å². The molecule has 0 aromatic heterocycles. The maximum Gasteiger partial charge on any atom is 0.391 e. The van der Waals surface area contributed by atoms with Crippen LogP contribution in [0.3, 0.4) is 0 Å². The van der Waals surface area contributed by atoms with E-state index in [1.54, 1.807) is 6.92 Å². The molecule has 9 heteroatoms. The summed E-state index contributed by atoms with van der Waals surface area (Å²) in [6.07, 6.45) is 3.59. The Balaban J connectivity index is 1.65. The Kier molecular flexibility index (Phi) is 9.23. The molecule has 0 bridgehead atoms. The monoisotopic (exact) mass is 501 g/mol. The van der Waals surface area contributed by atoms with Gasteiger partial charge in [-0.25, -0.2) is 8.42 Å². The van der Waals surface area contributed by atoms with Crippen molar-refractivity contribution in [3.05, 3.63) is 0 Å². The zero-order valence-electron chi connectivity index (χ0n) is 19.3. The first-order valence-electron chi connectivity index (χ1n) is 12.4. The van der Waals surface area contributed by atoms with E-state index < -0.39 is 27.4 Å². The molecule has 0 spiro atoms. The number of hydrogen-bond donors (Lipinski definition) is 0. The number of alkyl halides is 4. The van der Waals surface area contributed by atoms with Gasteiger partial charge in [0.1, 0.15) is 0 Å². The summed E-state index contributed by atoms with van der Waals surface area (Å²) in [6, 6.07) is -0.167. The second kappa shape index (κ2) is 11.1. The van der Waals surface area contributed by atoms with Crippen LogP contribution in [0.25, 0.3) is 0 Å². The van der Waals surface area contributed by atoms with Gasteiger partial charge in [-0.2, -0.15) is 17.5 Å². The van der Waals surface area contributed by atoms with E-state index in [0.717, 1.165) is 44.9 Å². The molecule has 0 amide bonds. The number of sulfonamides is 1. The number of halogens is 4. The van der Waals surface area contributed by atoms with Gasteiger partial charge in [-0.05, 0) is 64.2 Å². The molecular formula is C23H39ClF3NO3S. The maximum atomic E-state index is 13.4. The quantitative estimate of drug-likeness (QED) is 0.386. The van der Waals surface area contributed by atoms with Crippen LogP contribution in [0.4, 0.5) is 13.2 Å². The summed E-state index contributed by atoms with van der Waals surface area (Å²) in [5, 5.41) is -0.901. The third-order valence-electron chi connectivity index (χ3n) is 7.92. The highest BCUT2D eigenvalue weighted by Crippen LogP contribution is 2.41. The van der Waals surface area contributed by atoms with Gasteiger partial charge < -0.3 is 4.74 Å². The smallest absolute Gasteiger partial charge is 0.373 e. The topological polar surface area (TPSA) is 46.6 Å². The number of rotatable bonds is 7. The van der Waals surface area contributed by atoms with Crippen LogP contribution in [-0.2, 0) is 14.8 Å². The largest absolute Gasteiger partial charge is 0.391 e. The van der Waals surface area contributed by atoms with Gasteiger partial charge in [0.05, 0.1) is 28.8 Å². The molecule has 0 aliphatic heterocycles. The van der Waals surface area contributed by atoms with E-state index in [1.165, 1.54) is 4.31 Å². The lowest BCUT2D eigenvalue weighted by molar-refractivity contribution is -0.181. The second-order valence-electron chi connectivity index (χ2n) is 10.0. The van der Waals surface area contributed by atoms with Crippen molar-refractivity contribution in [3.8, 4) is 0 Å². The van der Waals surface area contributed by atoms with E-state index in [4.69, 9.17) is 16.3 Å². The average molecular weight is 502 g/mol. The van der Waals surface area contributed by atoms with Crippen LogP contribution >= 0.6 is 11.6 Å². The highest BCUT2D eigenvalue weighted by Gasteiger charge is 2.47. The fraction of sp³-hybridized carbons (Fsp3) is 1.00. The summed E-state index contributed by atoms with van der Waals surface area (Å²) in [7, 11) is -3.78. The molecule has 0 heterocycles. The first-order chi connectivity index (χ1) is 15.0. The van der Waals surface area contributed by atoms with Gasteiger partial charge in [0, 0.05) is 12.6 Å². The molecule has 3 aliphatic rings. The molecule has 3 saturated carbocycles. The van der Waals surface area contributed by atoms with Crippen LogP contribution in [0.5, 0.6) is 0 Å². The van der Waals surface area contributed by atoms with Gasteiger partial charge >= 0.3 is 6.18 Å². The highest BCUT2D eigenvalue weighted by atomic mass is 35.5. The van der Waals surface area contributed by atoms with Gasteiger partial charge in [-0.1, -0.05) is 32.6 Å². The lowest BCUT2D eigenvalue weighted by atomic mass is 9.82. The van der Waals surface area contributed by atoms with Crippen molar-refractivity contribution >= 4 is 21.6 Å². The molecule has 0 aromatic rings. The predicted octanol–water partition coefficient (Wildman–Crippen LogP) is 6.27. The fourth-order valence-electron chi connectivity index (χ4n) is 6.03. The molecule has 0 aromatic carbocycles. The summed E-state index contributed by atoms with van der Waals surface area (Å²) in [4.78, 5) is 0. The first kappa shape index (κ1) is 26.6. The standard InChI is InChI=1S/C23H39ClF3NO3S/c1-3-28(32(29,30)20-11-7-9-18(15-20)23(25,26)27)19-10-6-8-17(14-19)16(2)31-22-13-5-4-12-21(22)24/h16-22H,3-15H2,1-2H3. The minimum absolute atomic E-state index is 0.00662. The summed E-state index contributed by atoms with van der Waals surface area (Å²) in [5.74, 6) is -1.28. The van der Waals surface area contributed by atoms with Crippen molar-refractivity contribution < 1.29 is 26.3 Å². The number of ether oxygens (including phenoxy) is 1. The molecule has 0 saturated heterocycles.